The smallest absolute Gasteiger partial charge is 0.265 e. The Bertz CT molecular complexity index is 608. The minimum Gasteiger partial charge on any atom is -0.336 e. The second-order valence-electron chi connectivity index (χ2n) is 4.60. The topological polar surface area (TPSA) is 51.0 Å². The second-order valence-corrected chi connectivity index (χ2v) is 6.37. The molecule has 1 aliphatic rings. The van der Waals surface area contributed by atoms with E-state index < -0.39 is 0 Å². The van der Waals surface area contributed by atoms with Gasteiger partial charge in [0.15, 0.2) is 0 Å². The fourth-order valence-corrected chi connectivity index (χ4v) is 3.38. The number of hydrogen-bond donors (Lipinski definition) is 0. The van der Waals surface area contributed by atoms with E-state index in [1.54, 1.807) is 11.7 Å². The Hall–Kier alpha value is -1.21. The van der Waals surface area contributed by atoms with Crippen LogP contribution in [-0.2, 0) is 0 Å². The van der Waals surface area contributed by atoms with Gasteiger partial charge in [0.2, 0.25) is 0 Å². The summed E-state index contributed by atoms with van der Waals surface area (Å²) in [6, 6.07) is 0.267. The monoisotopic (exact) mass is 340 g/mol. The average molecular weight is 341 g/mol. The van der Waals surface area contributed by atoms with E-state index in [1.807, 2.05) is 22.7 Å². The molecule has 1 aliphatic heterocycles. The number of carbonyl (C=O) groups is 1. The maximum Gasteiger partial charge on any atom is 0.265 e. The Kier molecular flexibility index (Phi) is 3.40. The Morgan fingerprint density at radius 2 is 2.42 bits per heavy atom. The van der Waals surface area contributed by atoms with E-state index in [4.69, 9.17) is 0 Å². The predicted octanol–water partition coefficient (Wildman–Crippen LogP) is 2.50. The Morgan fingerprint density at radius 1 is 1.58 bits per heavy atom. The predicted molar refractivity (Wildman–Crippen MR) is 76.3 cm³/mol. The van der Waals surface area contributed by atoms with Gasteiger partial charge >= 0.3 is 0 Å². The lowest BCUT2D eigenvalue weighted by Crippen LogP contribution is -2.29. The maximum atomic E-state index is 12.4. The largest absolute Gasteiger partial charge is 0.336 e. The Morgan fingerprint density at radius 3 is 3.05 bits per heavy atom. The molecule has 0 aromatic carbocycles. The van der Waals surface area contributed by atoms with Crippen molar-refractivity contribution in [2.45, 2.75) is 19.4 Å². The molecule has 0 radical (unpaired) electrons. The number of aromatic nitrogens is 3. The number of amides is 1. The summed E-state index contributed by atoms with van der Waals surface area (Å²) in [5, 5.41) is 4.29. The van der Waals surface area contributed by atoms with Crippen molar-refractivity contribution in [3.63, 3.8) is 0 Å². The SMILES string of the molecule is Cc1ncsc1C(=O)N1CCC(n2cc(Br)cn2)C1. The molecular formula is C12H13BrN4OS. The highest BCUT2D eigenvalue weighted by molar-refractivity contribution is 9.10. The van der Waals surface area contributed by atoms with E-state index in [9.17, 15) is 4.79 Å². The highest BCUT2D eigenvalue weighted by Gasteiger charge is 2.29. The van der Waals surface area contributed by atoms with Gasteiger partial charge in [-0.25, -0.2) is 4.98 Å². The van der Waals surface area contributed by atoms with Crippen LogP contribution in [0.3, 0.4) is 0 Å². The first-order valence-electron chi connectivity index (χ1n) is 6.04. The molecule has 0 aliphatic carbocycles. The Balaban J connectivity index is 1.72. The third-order valence-electron chi connectivity index (χ3n) is 3.33. The lowest BCUT2D eigenvalue weighted by atomic mass is 10.3. The van der Waals surface area contributed by atoms with Crippen LogP contribution in [0.4, 0.5) is 0 Å². The van der Waals surface area contributed by atoms with E-state index in [1.165, 1.54) is 11.3 Å². The molecule has 5 nitrogen and oxygen atoms in total. The fourth-order valence-electron chi connectivity index (χ4n) is 2.31. The van der Waals surface area contributed by atoms with Crippen LogP contribution >= 0.6 is 27.3 Å². The molecule has 19 heavy (non-hydrogen) atoms. The molecule has 100 valence electrons. The molecule has 1 unspecified atom stereocenters. The first-order chi connectivity index (χ1) is 9.15. The molecular weight excluding hydrogens is 328 g/mol. The molecule has 1 amide bonds. The van der Waals surface area contributed by atoms with Crippen LogP contribution in [-0.4, -0.2) is 38.7 Å². The lowest BCUT2D eigenvalue weighted by molar-refractivity contribution is 0.0791. The van der Waals surface area contributed by atoms with Gasteiger partial charge < -0.3 is 4.90 Å². The molecule has 1 fully saturated rings. The van der Waals surface area contributed by atoms with Gasteiger partial charge in [-0.05, 0) is 29.3 Å². The number of rotatable bonds is 2. The van der Waals surface area contributed by atoms with Crippen LogP contribution in [0.25, 0.3) is 0 Å². The van der Waals surface area contributed by atoms with Crippen LogP contribution in [0.15, 0.2) is 22.4 Å². The van der Waals surface area contributed by atoms with Crippen molar-refractivity contribution in [3.8, 4) is 0 Å². The van der Waals surface area contributed by atoms with Crippen LogP contribution in [0.2, 0.25) is 0 Å². The van der Waals surface area contributed by atoms with E-state index in [2.05, 4.69) is 26.0 Å². The minimum atomic E-state index is 0.0914. The third kappa shape index (κ3) is 2.44. The zero-order valence-electron chi connectivity index (χ0n) is 10.4. The summed E-state index contributed by atoms with van der Waals surface area (Å²) in [6.07, 6.45) is 4.67. The van der Waals surface area contributed by atoms with E-state index in [0.29, 0.717) is 6.54 Å². The van der Waals surface area contributed by atoms with Crippen molar-refractivity contribution < 1.29 is 4.79 Å². The van der Waals surface area contributed by atoms with E-state index in [-0.39, 0.29) is 11.9 Å². The van der Waals surface area contributed by atoms with Crippen LogP contribution in [0.1, 0.15) is 27.8 Å². The first-order valence-corrected chi connectivity index (χ1v) is 7.71. The fraction of sp³-hybridized carbons (Fsp3) is 0.417. The standard InChI is InChI=1S/C12H13BrN4OS/c1-8-11(19-7-14-8)12(18)16-3-2-10(6-16)17-5-9(13)4-15-17/h4-5,7,10H,2-3,6H2,1H3. The quantitative estimate of drug-likeness (QED) is 0.843. The average Bonchev–Trinajstić information content (AvgIpc) is 3.07. The van der Waals surface area contributed by atoms with Crippen LogP contribution < -0.4 is 0 Å². The molecule has 3 rings (SSSR count). The molecule has 3 heterocycles. The second kappa shape index (κ2) is 5.05. The van der Waals surface area contributed by atoms with Crippen molar-refractivity contribution in [3.05, 3.63) is 32.9 Å². The summed E-state index contributed by atoms with van der Waals surface area (Å²) in [6.45, 7) is 3.37. The summed E-state index contributed by atoms with van der Waals surface area (Å²) in [7, 11) is 0. The molecule has 0 saturated carbocycles. The lowest BCUT2D eigenvalue weighted by Gasteiger charge is -2.16. The molecule has 0 N–H and O–H groups in total. The normalized spacial score (nSPS) is 19.1. The number of likely N-dealkylation sites (tertiary alicyclic amines) is 1. The number of hydrogen-bond acceptors (Lipinski definition) is 4. The summed E-state index contributed by atoms with van der Waals surface area (Å²) >= 11 is 4.81. The number of nitrogens with zero attached hydrogens (tertiary/aromatic N) is 4. The number of halogens is 1. The van der Waals surface area contributed by atoms with Crippen LogP contribution in [0, 0.1) is 6.92 Å². The third-order valence-corrected chi connectivity index (χ3v) is 4.66. The Labute approximate surface area is 123 Å². The molecule has 1 saturated heterocycles. The van der Waals surface area contributed by atoms with Gasteiger partial charge in [-0.15, -0.1) is 11.3 Å². The van der Waals surface area contributed by atoms with Crippen molar-refractivity contribution in [1.82, 2.24) is 19.7 Å². The van der Waals surface area contributed by atoms with Crippen molar-refractivity contribution in [2.24, 2.45) is 0 Å². The summed E-state index contributed by atoms with van der Waals surface area (Å²) in [4.78, 5) is 19.1. The van der Waals surface area contributed by atoms with Gasteiger partial charge in [0.1, 0.15) is 4.88 Å². The molecule has 2 aromatic heterocycles. The number of aryl methyl sites for hydroxylation is 1. The van der Waals surface area contributed by atoms with Crippen LogP contribution in [0.5, 0.6) is 0 Å². The van der Waals surface area contributed by atoms with Crippen molar-refractivity contribution >= 4 is 33.2 Å². The van der Waals surface area contributed by atoms with Gasteiger partial charge in [0.25, 0.3) is 5.91 Å². The van der Waals surface area contributed by atoms with Gasteiger partial charge in [-0.2, -0.15) is 5.10 Å². The minimum absolute atomic E-state index is 0.0914. The molecule has 1 atom stereocenters. The van der Waals surface area contributed by atoms with E-state index in [0.717, 1.165) is 28.0 Å². The summed E-state index contributed by atoms with van der Waals surface area (Å²) < 4.78 is 2.90. The highest BCUT2D eigenvalue weighted by Crippen LogP contribution is 2.25. The number of thiazole rings is 1. The molecule has 2 aromatic rings. The summed E-state index contributed by atoms with van der Waals surface area (Å²) in [5.74, 6) is 0.0914. The van der Waals surface area contributed by atoms with Gasteiger partial charge in [0.05, 0.1) is 27.9 Å². The molecule has 0 bridgehead atoms. The zero-order chi connectivity index (χ0) is 13.4. The van der Waals surface area contributed by atoms with E-state index >= 15 is 0 Å². The first kappa shape index (κ1) is 12.8. The van der Waals surface area contributed by atoms with Crippen molar-refractivity contribution in [1.29, 1.82) is 0 Å². The van der Waals surface area contributed by atoms with Gasteiger partial charge in [-0.3, -0.25) is 9.48 Å². The number of carbonyl (C=O) groups excluding carboxylic acids is 1. The summed E-state index contributed by atoms with van der Waals surface area (Å²) in [5.41, 5.74) is 2.54. The van der Waals surface area contributed by atoms with Crippen molar-refractivity contribution in [2.75, 3.05) is 13.1 Å². The van der Waals surface area contributed by atoms with Gasteiger partial charge in [-0.1, -0.05) is 0 Å². The van der Waals surface area contributed by atoms with Gasteiger partial charge in [0, 0.05) is 19.3 Å². The zero-order valence-corrected chi connectivity index (χ0v) is 12.8. The molecule has 0 spiro atoms. The molecule has 7 heteroatoms. The highest BCUT2D eigenvalue weighted by atomic mass is 79.9. The maximum absolute atomic E-state index is 12.4.